The van der Waals surface area contributed by atoms with Gasteiger partial charge in [-0.25, -0.2) is 13.8 Å². The first-order valence-electron chi connectivity index (χ1n) is 12.3. The van der Waals surface area contributed by atoms with Crippen LogP contribution in [-0.4, -0.2) is 52.2 Å². The van der Waals surface area contributed by atoms with E-state index in [0.717, 1.165) is 29.4 Å². The lowest BCUT2D eigenvalue weighted by atomic mass is 10.1. The van der Waals surface area contributed by atoms with Crippen LogP contribution in [0.15, 0.2) is 48.9 Å². The van der Waals surface area contributed by atoms with Crippen molar-refractivity contribution < 1.29 is 18.3 Å². The predicted octanol–water partition coefficient (Wildman–Crippen LogP) is 6.39. The number of H-pyrrole nitrogens is 1. The van der Waals surface area contributed by atoms with Gasteiger partial charge >= 0.3 is 0 Å². The normalized spacial score (nSPS) is 10.5. The molecule has 0 atom stereocenters. The molecule has 0 unspecified atom stereocenters. The van der Waals surface area contributed by atoms with Gasteiger partial charge in [-0.05, 0) is 42.3 Å². The molecule has 0 aliphatic carbocycles. The second-order valence-electron chi connectivity index (χ2n) is 8.26. The van der Waals surface area contributed by atoms with Crippen LogP contribution >= 0.6 is 67.8 Å². The van der Waals surface area contributed by atoms with Gasteiger partial charge in [-0.3, -0.25) is 0 Å². The number of hydrogen-bond donors (Lipinski definition) is 4. The van der Waals surface area contributed by atoms with Gasteiger partial charge in [0.25, 0.3) is 0 Å². The first-order valence-corrected chi connectivity index (χ1v) is 16.0. The quantitative estimate of drug-likeness (QED) is 0.0895. The zero-order valence-corrected chi connectivity index (χ0v) is 28.7. The summed E-state index contributed by atoms with van der Waals surface area (Å²) in [5.74, 6) is 1.16. The summed E-state index contributed by atoms with van der Waals surface area (Å²) in [4.78, 5) is 20.2. The summed E-state index contributed by atoms with van der Waals surface area (Å²) in [6.45, 7) is 1.09. The van der Waals surface area contributed by atoms with Gasteiger partial charge in [0.05, 0.1) is 20.5 Å². The molecule has 0 bridgehead atoms. The van der Waals surface area contributed by atoms with Crippen LogP contribution in [0.4, 0.5) is 26.6 Å². The number of anilines is 3. The molecule has 0 aliphatic heterocycles. The highest BCUT2D eigenvalue weighted by atomic mass is 127. The molecule has 10 nitrogen and oxygen atoms in total. The topological polar surface area (TPSA) is 122 Å². The molecule has 4 N–H and O–H groups in total. The summed E-state index contributed by atoms with van der Waals surface area (Å²) < 4.78 is 39.0. The van der Waals surface area contributed by atoms with Crippen molar-refractivity contribution in [2.75, 3.05) is 43.3 Å². The SMILES string of the molecule is COc1ccc(CCNc2nc(NCCc3cnc[nH]3)nc(NCc3cc(F)ccc3F)n2)cc1OC.IC(I)I. The standard InChI is InChI=1S/C25H28F2N8O2.CHI3/c1-36-21-6-3-16(11-22(21)37-2)7-9-29-23-33-24(30-10-8-19-14-28-15-32-19)35-25(34-23)31-13-17-12-18(26)4-5-20(17)27;2-1(3)4/h3-6,11-12,14-15H,7-10,13H2,1-2H3,(H,28,32)(H3,29,30,31,33,34,35);1H. The molecule has 2 aromatic carbocycles. The molecule has 2 heterocycles. The average Bonchev–Trinajstić information content (AvgIpc) is 3.47. The van der Waals surface area contributed by atoms with E-state index in [1.807, 2.05) is 18.2 Å². The fourth-order valence-corrected chi connectivity index (χ4v) is 3.55. The number of alkyl halides is 3. The zero-order valence-electron chi connectivity index (χ0n) is 22.2. The van der Waals surface area contributed by atoms with E-state index in [1.165, 1.54) is 0 Å². The van der Waals surface area contributed by atoms with E-state index in [4.69, 9.17) is 9.47 Å². The fraction of sp³-hybridized carbons (Fsp3) is 0.308. The number of nitrogens with zero attached hydrogens (tertiary/aromatic N) is 4. The van der Waals surface area contributed by atoms with Crippen molar-refractivity contribution in [1.29, 1.82) is 0 Å². The molecular formula is C26H29F2I3N8O2. The fourth-order valence-electron chi connectivity index (χ4n) is 3.55. The van der Waals surface area contributed by atoms with Crippen molar-refractivity contribution in [2.45, 2.75) is 19.3 Å². The van der Waals surface area contributed by atoms with Crippen LogP contribution < -0.4 is 25.4 Å². The Morgan fingerprint density at radius 2 is 1.46 bits per heavy atom. The summed E-state index contributed by atoms with van der Waals surface area (Å²) in [7, 11) is 3.19. The van der Waals surface area contributed by atoms with E-state index >= 15 is 0 Å². The molecule has 0 aliphatic rings. The van der Waals surface area contributed by atoms with Gasteiger partial charge in [0.1, 0.15) is 11.6 Å². The molecule has 2 aromatic heterocycles. The highest BCUT2D eigenvalue weighted by Crippen LogP contribution is 2.27. The molecule has 0 fully saturated rings. The van der Waals surface area contributed by atoms with E-state index in [-0.39, 0.29) is 18.1 Å². The van der Waals surface area contributed by atoms with E-state index in [1.54, 1.807) is 26.7 Å². The Morgan fingerprint density at radius 3 is 2.07 bits per heavy atom. The van der Waals surface area contributed by atoms with Crippen LogP contribution in [0.3, 0.4) is 0 Å². The van der Waals surface area contributed by atoms with Gasteiger partial charge in [0.15, 0.2) is 11.5 Å². The second kappa shape index (κ2) is 17.6. The summed E-state index contributed by atoms with van der Waals surface area (Å²) in [5.41, 5.74) is 2.17. The maximum atomic E-state index is 14.1. The van der Waals surface area contributed by atoms with Gasteiger partial charge in [-0.15, -0.1) is 0 Å². The Kier molecular flexibility index (Phi) is 14.3. The number of nitrogens with one attached hydrogen (secondary N) is 4. The number of rotatable bonds is 13. The molecule has 0 saturated heterocycles. The minimum absolute atomic E-state index is 0.00622. The largest absolute Gasteiger partial charge is 0.493 e. The zero-order chi connectivity index (χ0) is 29.6. The van der Waals surface area contributed by atoms with Crippen LogP contribution in [0.25, 0.3) is 0 Å². The van der Waals surface area contributed by atoms with E-state index in [2.05, 4.69) is 109 Å². The number of aromatic nitrogens is 5. The molecule has 4 rings (SSSR count). The van der Waals surface area contributed by atoms with Gasteiger partial charge in [-0.1, -0.05) is 73.8 Å². The Hall–Kier alpha value is -2.29. The molecule has 41 heavy (non-hydrogen) atoms. The van der Waals surface area contributed by atoms with Crippen molar-refractivity contribution >= 4 is 85.6 Å². The molecule has 0 spiro atoms. The number of aromatic amines is 1. The average molecular weight is 904 g/mol. The van der Waals surface area contributed by atoms with Crippen molar-refractivity contribution in [1.82, 2.24) is 24.9 Å². The van der Waals surface area contributed by atoms with Crippen molar-refractivity contribution in [3.63, 3.8) is 0 Å². The number of imidazole rings is 1. The maximum Gasteiger partial charge on any atom is 0.229 e. The third-order valence-electron chi connectivity index (χ3n) is 5.46. The third kappa shape index (κ3) is 11.8. The van der Waals surface area contributed by atoms with Crippen LogP contribution in [0, 0.1) is 11.6 Å². The highest BCUT2D eigenvalue weighted by Gasteiger charge is 2.10. The molecule has 220 valence electrons. The predicted molar refractivity (Wildman–Crippen MR) is 182 cm³/mol. The smallest absolute Gasteiger partial charge is 0.229 e. The van der Waals surface area contributed by atoms with E-state index in [0.29, 0.717) is 49.3 Å². The van der Waals surface area contributed by atoms with Crippen molar-refractivity contribution in [2.24, 2.45) is 0 Å². The minimum Gasteiger partial charge on any atom is -0.493 e. The van der Waals surface area contributed by atoms with Gasteiger partial charge in [0, 0.05) is 43.5 Å². The van der Waals surface area contributed by atoms with Gasteiger partial charge < -0.3 is 30.4 Å². The molecule has 0 amide bonds. The Morgan fingerprint density at radius 1 is 0.829 bits per heavy atom. The minimum atomic E-state index is -0.521. The van der Waals surface area contributed by atoms with Gasteiger partial charge in [-0.2, -0.15) is 15.0 Å². The van der Waals surface area contributed by atoms with Crippen LogP contribution in [-0.2, 0) is 19.4 Å². The van der Waals surface area contributed by atoms with Crippen molar-refractivity contribution in [3.8, 4) is 11.5 Å². The lowest BCUT2D eigenvalue weighted by molar-refractivity contribution is 0.354. The third-order valence-corrected chi connectivity index (χ3v) is 5.46. The first-order chi connectivity index (χ1) is 19.8. The van der Waals surface area contributed by atoms with Crippen LogP contribution in [0.1, 0.15) is 16.8 Å². The number of methoxy groups -OCH3 is 2. The van der Waals surface area contributed by atoms with Crippen molar-refractivity contribution in [3.05, 3.63) is 77.4 Å². The summed E-state index contributed by atoms with van der Waals surface area (Å²) in [5, 5.41) is 9.32. The van der Waals surface area contributed by atoms with Crippen LogP contribution in [0.2, 0.25) is 0 Å². The second-order valence-corrected chi connectivity index (χ2v) is 19.1. The number of ether oxygens (including phenoxy) is 2. The van der Waals surface area contributed by atoms with E-state index in [9.17, 15) is 8.78 Å². The lowest BCUT2D eigenvalue weighted by Crippen LogP contribution is -2.15. The van der Waals surface area contributed by atoms with E-state index < -0.39 is 11.6 Å². The number of halogens is 5. The Labute approximate surface area is 278 Å². The maximum absolute atomic E-state index is 14.1. The Bertz CT molecular complexity index is 1360. The van der Waals surface area contributed by atoms with Gasteiger partial charge in [0.2, 0.25) is 17.8 Å². The summed E-state index contributed by atoms with van der Waals surface area (Å²) in [6, 6.07) is 9.02. The molecular weight excluding hydrogens is 875 g/mol. The Balaban J connectivity index is 0.00000108. The molecule has 0 radical (unpaired) electrons. The lowest BCUT2D eigenvalue weighted by Gasteiger charge is -2.12. The number of hydrogen-bond acceptors (Lipinski definition) is 9. The first kappa shape index (κ1) is 33.2. The summed E-state index contributed by atoms with van der Waals surface area (Å²) in [6.07, 6.45) is 4.72. The summed E-state index contributed by atoms with van der Waals surface area (Å²) >= 11 is 6.95. The molecule has 4 aromatic rings. The monoisotopic (exact) mass is 904 g/mol. The molecule has 0 saturated carbocycles. The number of benzene rings is 2. The van der Waals surface area contributed by atoms with Crippen LogP contribution in [0.5, 0.6) is 11.5 Å². The molecule has 15 heteroatoms. The highest BCUT2D eigenvalue weighted by molar-refractivity contribution is 14.3.